The van der Waals surface area contributed by atoms with E-state index in [9.17, 15) is 10.1 Å². The highest BCUT2D eigenvalue weighted by Crippen LogP contribution is 2.55. The lowest BCUT2D eigenvalue weighted by atomic mass is 9.64. The average molecular weight is 330 g/mol. The van der Waals surface area contributed by atoms with Crippen LogP contribution in [0.3, 0.4) is 0 Å². The average Bonchev–Trinajstić information content (AvgIpc) is 2.91. The SMILES string of the molecule is N#CC1CC2(CCC1=NNC(N)=O)c1ccccc1-c1ccccc12. The maximum atomic E-state index is 10.9. The summed E-state index contributed by atoms with van der Waals surface area (Å²) in [5.74, 6) is -0.347. The molecule has 1 unspecified atom stereocenters. The molecule has 0 saturated heterocycles. The number of primary amides is 1. The number of nitrogens with one attached hydrogen (secondary N) is 1. The number of fused-ring (bicyclic) bond motifs is 5. The molecule has 1 saturated carbocycles. The lowest BCUT2D eigenvalue weighted by molar-refractivity contribution is 0.249. The largest absolute Gasteiger partial charge is 0.350 e. The molecule has 1 atom stereocenters. The number of carbonyl (C=O) groups is 1. The third-order valence-electron chi connectivity index (χ3n) is 5.40. The van der Waals surface area contributed by atoms with E-state index in [4.69, 9.17) is 5.73 Å². The third kappa shape index (κ3) is 2.30. The minimum absolute atomic E-state index is 0.167. The van der Waals surface area contributed by atoms with Gasteiger partial charge in [-0.05, 0) is 41.5 Å². The molecule has 0 aliphatic heterocycles. The van der Waals surface area contributed by atoms with Crippen molar-refractivity contribution in [1.82, 2.24) is 5.43 Å². The number of nitrogens with zero attached hydrogens (tertiary/aromatic N) is 2. The van der Waals surface area contributed by atoms with Gasteiger partial charge < -0.3 is 5.73 Å². The minimum Gasteiger partial charge on any atom is -0.350 e. The van der Waals surface area contributed by atoms with Crippen molar-refractivity contribution in [1.29, 1.82) is 5.26 Å². The summed E-state index contributed by atoms with van der Waals surface area (Å²) in [5, 5.41) is 13.8. The maximum Gasteiger partial charge on any atom is 0.332 e. The highest BCUT2D eigenvalue weighted by molar-refractivity contribution is 5.92. The van der Waals surface area contributed by atoms with Crippen molar-refractivity contribution in [3.63, 3.8) is 0 Å². The van der Waals surface area contributed by atoms with Gasteiger partial charge in [-0.2, -0.15) is 10.4 Å². The predicted molar refractivity (Wildman–Crippen MR) is 95.8 cm³/mol. The van der Waals surface area contributed by atoms with Crippen molar-refractivity contribution < 1.29 is 4.79 Å². The molecule has 2 aliphatic carbocycles. The first-order chi connectivity index (χ1) is 12.2. The number of hydrogen-bond acceptors (Lipinski definition) is 3. The molecule has 2 aliphatic rings. The molecule has 0 heterocycles. The third-order valence-corrected chi connectivity index (χ3v) is 5.40. The van der Waals surface area contributed by atoms with Crippen molar-refractivity contribution in [2.45, 2.75) is 24.7 Å². The molecule has 25 heavy (non-hydrogen) atoms. The smallest absolute Gasteiger partial charge is 0.332 e. The normalized spacial score (nSPS) is 21.4. The van der Waals surface area contributed by atoms with Crippen LogP contribution < -0.4 is 11.2 Å². The molecule has 3 N–H and O–H groups in total. The Hall–Kier alpha value is -3.13. The van der Waals surface area contributed by atoms with Crippen LogP contribution in [-0.4, -0.2) is 11.7 Å². The predicted octanol–water partition coefficient (Wildman–Crippen LogP) is 3.30. The monoisotopic (exact) mass is 330 g/mol. The van der Waals surface area contributed by atoms with Gasteiger partial charge in [0.05, 0.1) is 17.7 Å². The van der Waals surface area contributed by atoms with Crippen molar-refractivity contribution >= 4 is 11.7 Å². The zero-order valence-corrected chi connectivity index (χ0v) is 13.7. The van der Waals surface area contributed by atoms with Crippen molar-refractivity contribution in [3.05, 3.63) is 59.7 Å². The molecule has 124 valence electrons. The molecule has 2 aromatic carbocycles. The van der Waals surface area contributed by atoms with E-state index in [1.165, 1.54) is 22.3 Å². The van der Waals surface area contributed by atoms with Crippen molar-refractivity contribution in [2.24, 2.45) is 16.8 Å². The lowest BCUT2D eigenvalue weighted by Gasteiger charge is -2.38. The van der Waals surface area contributed by atoms with Gasteiger partial charge in [0.25, 0.3) is 0 Å². The Morgan fingerprint density at radius 1 is 1.16 bits per heavy atom. The van der Waals surface area contributed by atoms with E-state index in [0.717, 1.165) is 6.42 Å². The highest BCUT2D eigenvalue weighted by Gasteiger charge is 2.47. The van der Waals surface area contributed by atoms with E-state index in [1.807, 2.05) is 0 Å². The van der Waals surface area contributed by atoms with E-state index in [-0.39, 0.29) is 11.3 Å². The maximum absolute atomic E-state index is 10.9. The van der Waals surface area contributed by atoms with E-state index >= 15 is 0 Å². The van der Waals surface area contributed by atoms with E-state index in [2.05, 4.69) is 65.1 Å². The fourth-order valence-electron chi connectivity index (χ4n) is 4.37. The number of hydrogen-bond donors (Lipinski definition) is 2. The molecule has 0 aromatic heterocycles. The zero-order valence-electron chi connectivity index (χ0n) is 13.7. The van der Waals surface area contributed by atoms with Crippen LogP contribution in [-0.2, 0) is 5.41 Å². The summed E-state index contributed by atoms with van der Waals surface area (Å²) in [7, 11) is 0. The van der Waals surface area contributed by atoms with Gasteiger partial charge in [-0.25, -0.2) is 10.2 Å². The van der Waals surface area contributed by atoms with E-state index < -0.39 is 6.03 Å². The Morgan fingerprint density at radius 3 is 2.32 bits per heavy atom. The first-order valence-electron chi connectivity index (χ1n) is 8.36. The topological polar surface area (TPSA) is 91.3 Å². The summed E-state index contributed by atoms with van der Waals surface area (Å²) in [4.78, 5) is 10.9. The molecular formula is C20H18N4O. The molecule has 2 amide bonds. The summed E-state index contributed by atoms with van der Waals surface area (Å²) in [6, 6.07) is 18.6. The molecule has 2 aromatic rings. The molecule has 1 fully saturated rings. The molecular weight excluding hydrogens is 312 g/mol. The Kier molecular flexibility index (Phi) is 3.54. The summed E-state index contributed by atoms with van der Waals surface area (Å²) in [6.07, 6.45) is 2.18. The molecule has 0 bridgehead atoms. The number of nitrogens with two attached hydrogens (primary N) is 1. The molecule has 1 spiro atoms. The van der Waals surface area contributed by atoms with Crippen LogP contribution in [0.5, 0.6) is 0 Å². The molecule has 0 radical (unpaired) electrons. The van der Waals surface area contributed by atoms with Crippen molar-refractivity contribution in [3.8, 4) is 17.2 Å². The van der Waals surface area contributed by atoms with Gasteiger partial charge in [0, 0.05) is 5.41 Å². The quantitative estimate of drug-likeness (QED) is 0.785. The number of nitriles is 1. The Balaban J connectivity index is 1.80. The summed E-state index contributed by atoms with van der Waals surface area (Å²) >= 11 is 0. The standard InChI is InChI=1S/C20H18N4O/c21-12-13-11-20(10-9-18(13)23-24-19(22)25)16-7-3-1-5-14(16)15-6-2-4-8-17(15)20/h1-8,13H,9-11H2,(H3,22,24,25). The number of amides is 2. The van der Waals surface area contributed by atoms with Crippen molar-refractivity contribution in [2.75, 3.05) is 0 Å². The first-order valence-corrected chi connectivity index (χ1v) is 8.36. The van der Waals surface area contributed by atoms with Crippen LogP contribution in [0.1, 0.15) is 30.4 Å². The minimum atomic E-state index is -0.707. The highest BCUT2D eigenvalue weighted by atomic mass is 16.2. The number of benzene rings is 2. The van der Waals surface area contributed by atoms with Crippen LogP contribution in [0, 0.1) is 17.2 Å². The second-order valence-electron chi connectivity index (χ2n) is 6.64. The van der Waals surface area contributed by atoms with Gasteiger partial charge in [0.1, 0.15) is 0 Å². The van der Waals surface area contributed by atoms with Crippen LogP contribution in [0.4, 0.5) is 4.79 Å². The van der Waals surface area contributed by atoms with E-state index in [1.54, 1.807) is 0 Å². The molecule has 5 nitrogen and oxygen atoms in total. The van der Waals surface area contributed by atoms with Gasteiger partial charge in [-0.1, -0.05) is 48.5 Å². The summed E-state index contributed by atoms with van der Waals surface area (Å²) in [5.41, 5.74) is 13.0. The fraction of sp³-hybridized carbons (Fsp3) is 0.250. The number of rotatable bonds is 1. The summed E-state index contributed by atoms with van der Waals surface area (Å²) < 4.78 is 0. The fourth-order valence-corrected chi connectivity index (χ4v) is 4.37. The van der Waals surface area contributed by atoms with Gasteiger partial charge in [0.15, 0.2) is 0 Å². The first kappa shape index (κ1) is 15.4. The van der Waals surface area contributed by atoms with Crippen LogP contribution in [0.25, 0.3) is 11.1 Å². The van der Waals surface area contributed by atoms with Gasteiger partial charge in [-0.15, -0.1) is 0 Å². The Labute approximate surface area is 146 Å². The molecule has 4 rings (SSSR count). The zero-order chi connectivity index (χ0) is 17.4. The van der Waals surface area contributed by atoms with Crippen LogP contribution in [0.15, 0.2) is 53.6 Å². The Bertz CT molecular complexity index is 880. The van der Waals surface area contributed by atoms with Gasteiger partial charge in [0.2, 0.25) is 0 Å². The second kappa shape index (κ2) is 5.75. The van der Waals surface area contributed by atoms with Gasteiger partial charge in [-0.3, -0.25) is 0 Å². The van der Waals surface area contributed by atoms with Crippen LogP contribution in [0.2, 0.25) is 0 Å². The summed E-state index contributed by atoms with van der Waals surface area (Å²) in [6.45, 7) is 0. The number of hydrazone groups is 1. The lowest BCUT2D eigenvalue weighted by Crippen LogP contribution is -2.38. The number of urea groups is 1. The second-order valence-corrected chi connectivity index (χ2v) is 6.64. The Morgan fingerprint density at radius 2 is 1.76 bits per heavy atom. The number of carbonyl (C=O) groups excluding carboxylic acids is 1. The van der Waals surface area contributed by atoms with Gasteiger partial charge >= 0.3 is 6.03 Å². The molecule has 5 heteroatoms. The van der Waals surface area contributed by atoms with Crippen LogP contribution >= 0.6 is 0 Å². The van der Waals surface area contributed by atoms with E-state index in [0.29, 0.717) is 18.6 Å².